The molecule has 0 saturated heterocycles. The summed E-state index contributed by atoms with van der Waals surface area (Å²) in [5.74, 6) is 0.917. The predicted octanol–water partition coefficient (Wildman–Crippen LogP) is 3.68. The van der Waals surface area contributed by atoms with Crippen LogP contribution < -0.4 is 10.5 Å². The Morgan fingerprint density at radius 3 is 2.48 bits per heavy atom. The minimum Gasteiger partial charge on any atom is -0.398 e. The summed E-state index contributed by atoms with van der Waals surface area (Å²) in [6, 6.07) is 2.70. The minimum absolute atomic E-state index is 0.0457. The van der Waals surface area contributed by atoms with Crippen LogP contribution >= 0.6 is 23.2 Å². The van der Waals surface area contributed by atoms with Gasteiger partial charge in [0.05, 0.1) is 10.7 Å². The van der Waals surface area contributed by atoms with E-state index in [1.165, 1.54) is 12.1 Å². The lowest BCUT2D eigenvalue weighted by Crippen LogP contribution is -2.42. The maximum absolute atomic E-state index is 12.6. The Bertz CT molecular complexity index is 611. The number of nitrogens with two attached hydrogens (primary N) is 1. The van der Waals surface area contributed by atoms with E-state index in [-0.39, 0.29) is 27.6 Å². The first-order valence-electron chi connectivity index (χ1n) is 6.97. The third-order valence-corrected chi connectivity index (χ3v) is 6.28. The zero-order chi connectivity index (χ0) is 15.8. The van der Waals surface area contributed by atoms with E-state index < -0.39 is 10.0 Å². The van der Waals surface area contributed by atoms with Crippen molar-refractivity contribution in [2.24, 2.45) is 11.8 Å². The molecule has 0 heterocycles. The molecule has 4 nitrogen and oxygen atoms in total. The molecule has 118 valence electrons. The fourth-order valence-electron chi connectivity index (χ4n) is 2.96. The minimum atomic E-state index is -3.75. The Balaban J connectivity index is 2.27. The van der Waals surface area contributed by atoms with Crippen molar-refractivity contribution >= 4 is 38.9 Å². The van der Waals surface area contributed by atoms with E-state index in [0.29, 0.717) is 10.9 Å². The standard InChI is InChI=1S/C14H20Cl2N2O2S/c1-8-3-4-13(9(2)5-8)18-21(19,20)14-11(16)6-10(15)7-12(14)17/h6-9,13,18H,3-5,17H2,1-2H3. The number of rotatable bonds is 3. The highest BCUT2D eigenvalue weighted by Gasteiger charge is 2.31. The second-order valence-electron chi connectivity index (χ2n) is 5.93. The van der Waals surface area contributed by atoms with Gasteiger partial charge < -0.3 is 5.73 Å². The second kappa shape index (κ2) is 6.32. The number of nitrogens with one attached hydrogen (secondary N) is 1. The van der Waals surface area contributed by atoms with Crippen LogP contribution in [0.1, 0.15) is 33.1 Å². The molecule has 0 aliphatic heterocycles. The molecule has 0 amide bonds. The van der Waals surface area contributed by atoms with Crippen molar-refractivity contribution in [2.75, 3.05) is 5.73 Å². The summed E-state index contributed by atoms with van der Waals surface area (Å²) in [4.78, 5) is -0.0839. The number of benzene rings is 1. The topological polar surface area (TPSA) is 72.2 Å². The van der Waals surface area contributed by atoms with E-state index in [4.69, 9.17) is 28.9 Å². The number of nitrogen functional groups attached to an aromatic ring is 1. The van der Waals surface area contributed by atoms with Crippen LogP contribution in [0, 0.1) is 11.8 Å². The first kappa shape index (κ1) is 16.9. The molecule has 1 saturated carbocycles. The summed E-state index contributed by atoms with van der Waals surface area (Å²) in [5.41, 5.74) is 5.85. The van der Waals surface area contributed by atoms with Crippen LogP contribution in [0.3, 0.4) is 0 Å². The molecule has 3 unspecified atom stereocenters. The van der Waals surface area contributed by atoms with Crippen molar-refractivity contribution in [1.82, 2.24) is 4.72 Å². The first-order valence-corrected chi connectivity index (χ1v) is 9.21. The van der Waals surface area contributed by atoms with Crippen LogP contribution in [0.15, 0.2) is 17.0 Å². The van der Waals surface area contributed by atoms with E-state index in [0.717, 1.165) is 19.3 Å². The summed E-state index contributed by atoms with van der Waals surface area (Å²) in [6.45, 7) is 4.25. The van der Waals surface area contributed by atoms with Crippen molar-refractivity contribution in [3.63, 3.8) is 0 Å². The van der Waals surface area contributed by atoms with Crippen LogP contribution in [0.25, 0.3) is 0 Å². The quantitative estimate of drug-likeness (QED) is 0.816. The van der Waals surface area contributed by atoms with Gasteiger partial charge in [-0.15, -0.1) is 0 Å². The molecule has 0 bridgehead atoms. The number of sulfonamides is 1. The van der Waals surface area contributed by atoms with Gasteiger partial charge in [-0.1, -0.05) is 37.0 Å². The zero-order valence-corrected chi connectivity index (χ0v) is 14.4. The lowest BCUT2D eigenvalue weighted by molar-refractivity contribution is 0.249. The van der Waals surface area contributed by atoms with Gasteiger partial charge >= 0.3 is 0 Å². The van der Waals surface area contributed by atoms with Crippen molar-refractivity contribution < 1.29 is 8.42 Å². The fraction of sp³-hybridized carbons (Fsp3) is 0.571. The number of halogens is 2. The van der Waals surface area contributed by atoms with Gasteiger partial charge in [-0.05, 0) is 43.2 Å². The Morgan fingerprint density at radius 2 is 1.90 bits per heavy atom. The highest BCUT2D eigenvalue weighted by atomic mass is 35.5. The maximum atomic E-state index is 12.6. The highest BCUT2D eigenvalue weighted by Crippen LogP contribution is 2.33. The van der Waals surface area contributed by atoms with Gasteiger partial charge in [-0.2, -0.15) is 0 Å². The molecule has 0 radical (unpaired) electrons. The maximum Gasteiger partial charge on any atom is 0.244 e. The van der Waals surface area contributed by atoms with Gasteiger partial charge in [0, 0.05) is 11.1 Å². The van der Waals surface area contributed by atoms with Crippen LogP contribution in [0.2, 0.25) is 10.0 Å². The van der Waals surface area contributed by atoms with Crippen molar-refractivity contribution in [1.29, 1.82) is 0 Å². The predicted molar refractivity (Wildman–Crippen MR) is 87.2 cm³/mol. The van der Waals surface area contributed by atoms with E-state index in [1.807, 2.05) is 0 Å². The fourth-order valence-corrected chi connectivity index (χ4v) is 5.33. The van der Waals surface area contributed by atoms with Gasteiger partial charge in [0.25, 0.3) is 0 Å². The van der Waals surface area contributed by atoms with Gasteiger partial charge in [0.15, 0.2) is 0 Å². The SMILES string of the molecule is CC1CCC(NS(=O)(=O)c2c(N)cc(Cl)cc2Cl)C(C)C1. The van der Waals surface area contributed by atoms with Crippen LogP contribution in [0.4, 0.5) is 5.69 Å². The largest absolute Gasteiger partial charge is 0.398 e. The smallest absolute Gasteiger partial charge is 0.244 e. The summed E-state index contributed by atoms with van der Waals surface area (Å²) < 4.78 is 27.9. The van der Waals surface area contributed by atoms with Crippen LogP contribution in [0.5, 0.6) is 0 Å². The summed E-state index contributed by atoms with van der Waals surface area (Å²) in [5, 5.41) is 0.362. The van der Waals surface area contributed by atoms with Gasteiger partial charge in [0.2, 0.25) is 10.0 Å². The molecule has 1 aromatic carbocycles. The van der Waals surface area contributed by atoms with Gasteiger partial charge in [0.1, 0.15) is 4.90 Å². The Labute approximate surface area is 136 Å². The molecule has 3 N–H and O–H groups in total. The van der Waals surface area contributed by atoms with E-state index in [9.17, 15) is 8.42 Å². The molecule has 0 spiro atoms. The molecule has 3 atom stereocenters. The average Bonchev–Trinajstić information content (AvgIpc) is 2.30. The first-order chi connectivity index (χ1) is 9.70. The van der Waals surface area contributed by atoms with Crippen molar-refractivity contribution in [2.45, 2.75) is 44.0 Å². The molecular weight excluding hydrogens is 331 g/mol. The summed E-state index contributed by atoms with van der Waals surface area (Å²) in [6.07, 6.45) is 2.85. The molecule has 7 heteroatoms. The van der Waals surface area contributed by atoms with Crippen LogP contribution in [-0.4, -0.2) is 14.5 Å². The van der Waals surface area contributed by atoms with Crippen molar-refractivity contribution in [3.8, 4) is 0 Å². The second-order valence-corrected chi connectivity index (χ2v) is 8.42. The lowest BCUT2D eigenvalue weighted by atomic mass is 9.80. The van der Waals surface area contributed by atoms with Crippen molar-refractivity contribution in [3.05, 3.63) is 22.2 Å². The molecule has 1 aromatic rings. The average molecular weight is 351 g/mol. The molecule has 1 fully saturated rings. The van der Waals surface area contributed by atoms with E-state index in [1.54, 1.807) is 0 Å². The lowest BCUT2D eigenvalue weighted by Gasteiger charge is -2.33. The molecule has 21 heavy (non-hydrogen) atoms. The van der Waals surface area contributed by atoms with E-state index in [2.05, 4.69) is 18.6 Å². The third kappa shape index (κ3) is 3.83. The van der Waals surface area contributed by atoms with Crippen LogP contribution in [-0.2, 0) is 10.0 Å². The molecular formula is C14H20Cl2N2O2S. The van der Waals surface area contributed by atoms with E-state index >= 15 is 0 Å². The Morgan fingerprint density at radius 1 is 1.24 bits per heavy atom. The molecule has 2 rings (SSSR count). The summed E-state index contributed by atoms with van der Waals surface area (Å²) in [7, 11) is -3.75. The zero-order valence-electron chi connectivity index (χ0n) is 12.1. The number of hydrogen-bond donors (Lipinski definition) is 2. The Hall–Kier alpha value is -0.490. The van der Waals surface area contributed by atoms with Gasteiger partial charge in [-0.25, -0.2) is 13.1 Å². The Kier molecular flexibility index (Phi) is 5.08. The molecule has 1 aliphatic carbocycles. The highest BCUT2D eigenvalue weighted by molar-refractivity contribution is 7.89. The number of hydrogen-bond acceptors (Lipinski definition) is 3. The molecule has 0 aromatic heterocycles. The molecule has 1 aliphatic rings. The van der Waals surface area contributed by atoms with Gasteiger partial charge in [-0.3, -0.25) is 0 Å². The number of anilines is 1. The summed E-state index contributed by atoms with van der Waals surface area (Å²) >= 11 is 11.8. The third-order valence-electron chi connectivity index (χ3n) is 4.04. The normalized spacial score (nSPS) is 26.8. The monoisotopic (exact) mass is 350 g/mol.